The van der Waals surface area contributed by atoms with Gasteiger partial charge in [0.1, 0.15) is 0 Å². The van der Waals surface area contributed by atoms with Crippen molar-refractivity contribution in [3.05, 3.63) is 246 Å². The van der Waals surface area contributed by atoms with Crippen LogP contribution >= 0.6 is 0 Å². The Hall–Kier alpha value is -6.96. The third-order valence-electron chi connectivity index (χ3n) is 12.4. The Balaban J connectivity index is 1.22. The molecule has 0 bridgehead atoms. The van der Waals surface area contributed by atoms with E-state index in [1.165, 1.54) is 16.7 Å². The molecule has 0 spiro atoms. The van der Waals surface area contributed by atoms with Gasteiger partial charge in [-0.2, -0.15) is 0 Å². The molecule has 0 amide bonds. The van der Waals surface area contributed by atoms with Gasteiger partial charge in [-0.25, -0.2) is 0 Å². The van der Waals surface area contributed by atoms with E-state index < -0.39 is 5.41 Å². The summed E-state index contributed by atoms with van der Waals surface area (Å²) in [7, 11) is 0. The highest BCUT2D eigenvalue weighted by Gasteiger charge is 2.46. The minimum atomic E-state index is -0.673. The fourth-order valence-electron chi connectivity index (χ4n) is 9.74. The molecule has 0 aromatic heterocycles. The van der Waals surface area contributed by atoms with Gasteiger partial charge in [-0.05, 0) is 120 Å². The zero-order valence-corrected chi connectivity index (χ0v) is 31.8. The van der Waals surface area contributed by atoms with Crippen molar-refractivity contribution < 1.29 is 5.48 Å². The maximum absolute atomic E-state index is 10.1. The first kappa shape index (κ1) is 29.3. The van der Waals surface area contributed by atoms with Crippen LogP contribution in [0.15, 0.2) is 212 Å². The Kier molecular flexibility index (Phi) is 6.59. The first-order valence-corrected chi connectivity index (χ1v) is 19.7. The summed E-state index contributed by atoms with van der Waals surface area (Å²) in [5, 5.41) is 2.03. The van der Waals surface area contributed by atoms with Crippen LogP contribution in [0, 0.1) is 0 Å². The fraction of sp³-hybridized carbons (Fsp3) is 0.0714. The highest BCUT2D eigenvalue weighted by molar-refractivity contribution is 5.92. The Labute approximate surface area is 340 Å². The average molecular weight is 732 g/mol. The van der Waals surface area contributed by atoms with Gasteiger partial charge in [0.15, 0.2) is 0 Å². The predicted octanol–water partition coefficient (Wildman–Crippen LogP) is 14.6. The SMILES string of the molecule is [2H]c1c([2H])c(-c2ccc3ccccc3c2)c([2H])c(N(c2ccc3c(c2)C(C)(C)c2ccccc2-3)c2ccc3c(c2)C(c2ccccc2)(c2ccccc2)c2ccccc2-3)c1[2H]. The first-order chi connectivity index (χ1) is 29.7. The molecule has 57 heavy (non-hydrogen) atoms. The molecule has 0 saturated heterocycles. The summed E-state index contributed by atoms with van der Waals surface area (Å²) in [6.07, 6.45) is 0. The highest BCUT2D eigenvalue weighted by Crippen LogP contribution is 2.58. The van der Waals surface area contributed by atoms with Crippen LogP contribution in [-0.4, -0.2) is 0 Å². The lowest BCUT2D eigenvalue weighted by molar-refractivity contribution is 0.660. The lowest BCUT2D eigenvalue weighted by atomic mass is 9.67. The van der Waals surface area contributed by atoms with Crippen molar-refractivity contribution in [3.8, 4) is 33.4 Å². The number of benzene rings is 9. The van der Waals surface area contributed by atoms with Gasteiger partial charge < -0.3 is 4.90 Å². The van der Waals surface area contributed by atoms with E-state index in [0.717, 1.165) is 61.1 Å². The number of nitrogens with zero attached hydrogens (tertiary/aromatic N) is 1. The van der Waals surface area contributed by atoms with Crippen LogP contribution in [0.25, 0.3) is 44.2 Å². The summed E-state index contributed by atoms with van der Waals surface area (Å²) < 4.78 is 38.4. The summed E-state index contributed by atoms with van der Waals surface area (Å²) in [6.45, 7) is 4.51. The molecule has 0 fully saturated rings. The molecule has 0 atom stereocenters. The maximum Gasteiger partial charge on any atom is 0.0714 e. The smallest absolute Gasteiger partial charge is 0.0714 e. The van der Waals surface area contributed by atoms with E-state index in [-0.39, 0.29) is 35.3 Å². The molecule has 1 heteroatoms. The summed E-state index contributed by atoms with van der Waals surface area (Å²) >= 11 is 0. The summed E-state index contributed by atoms with van der Waals surface area (Å²) in [5.41, 5.74) is 13.5. The molecular formula is C56H41N. The second kappa shape index (κ2) is 12.8. The molecule has 0 heterocycles. The molecule has 9 aromatic carbocycles. The van der Waals surface area contributed by atoms with Gasteiger partial charge in [-0.15, -0.1) is 0 Å². The van der Waals surface area contributed by atoms with Crippen LogP contribution < -0.4 is 4.90 Å². The van der Waals surface area contributed by atoms with E-state index >= 15 is 0 Å². The van der Waals surface area contributed by atoms with Crippen molar-refractivity contribution in [1.82, 2.24) is 0 Å². The molecule has 11 rings (SSSR count). The molecule has 1 nitrogen and oxygen atoms in total. The molecule has 0 unspecified atom stereocenters. The van der Waals surface area contributed by atoms with E-state index in [1.54, 1.807) is 0 Å². The first-order valence-electron chi connectivity index (χ1n) is 21.7. The molecule has 9 aromatic rings. The van der Waals surface area contributed by atoms with Crippen molar-refractivity contribution in [2.24, 2.45) is 0 Å². The zero-order chi connectivity index (χ0) is 41.6. The van der Waals surface area contributed by atoms with Gasteiger partial charge in [-0.3, -0.25) is 0 Å². The van der Waals surface area contributed by atoms with Gasteiger partial charge in [0.2, 0.25) is 0 Å². The number of fused-ring (bicyclic) bond motifs is 7. The Morgan fingerprint density at radius 1 is 0.404 bits per heavy atom. The normalized spacial score (nSPS) is 15.1. The topological polar surface area (TPSA) is 3.24 Å². The van der Waals surface area contributed by atoms with E-state index in [4.69, 9.17) is 0 Å². The van der Waals surface area contributed by atoms with Crippen LogP contribution in [0.5, 0.6) is 0 Å². The van der Waals surface area contributed by atoms with E-state index in [0.29, 0.717) is 11.1 Å². The second-order valence-electron chi connectivity index (χ2n) is 15.8. The minimum Gasteiger partial charge on any atom is -0.310 e. The molecule has 0 N–H and O–H groups in total. The van der Waals surface area contributed by atoms with Crippen molar-refractivity contribution in [1.29, 1.82) is 0 Å². The van der Waals surface area contributed by atoms with E-state index in [9.17, 15) is 5.48 Å². The predicted molar refractivity (Wildman–Crippen MR) is 239 cm³/mol. The van der Waals surface area contributed by atoms with Gasteiger partial charge in [0, 0.05) is 22.5 Å². The summed E-state index contributed by atoms with van der Waals surface area (Å²) in [4.78, 5) is 2.01. The fourth-order valence-corrected chi connectivity index (χ4v) is 9.74. The Morgan fingerprint density at radius 3 is 1.65 bits per heavy atom. The molecule has 270 valence electrons. The van der Waals surface area contributed by atoms with Crippen molar-refractivity contribution >= 4 is 27.8 Å². The molecule has 2 aliphatic rings. The molecule has 0 saturated carbocycles. The van der Waals surface area contributed by atoms with Crippen molar-refractivity contribution in [2.75, 3.05) is 4.90 Å². The van der Waals surface area contributed by atoms with Crippen molar-refractivity contribution in [2.45, 2.75) is 24.7 Å². The largest absolute Gasteiger partial charge is 0.310 e. The second-order valence-corrected chi connectivity index (χ2v) is 15.8. The van der Waals surface area contributed by atoms with Crippen LogP contribution in [0.4, 0.5) is 17.1 Å². The van der Waals surface area contributed by atoms with Crippen LogP contribution in [-0.2, 0) is 10.8 Å². The standard InChI is InChI=1S/C56H41N/c1-55(2)51-26-13-11-24-47(51)49-32-30-45(36-53(49)55)57(44-23-15-18-40(35-44)41-29-28-38-16-9-10-17-39(38)34-41)46-31-33-50-48-25-12-14-27-52(48)56(54(50)37-46,42-19-5-3-6-20-42)43-21-7-4-8-22-43/h3-37H,1-2H3/i15D,18D,23D,35D. The lowest BCUT2D eigenvalue weighted by Gasteiger charge is -2.35. The third-order valence-corrected chi connectivity index (χ3v) is 12.4. The molecule has 0 aliphatic heterocycles. The Bertz CT molecular complexity index is 3190. The summed E-state index contributed by atoms with van der Waals surface area (Å²) in [5.74, 6) is 0. The van der Waals surface area contributed by atoms with E-state index in [1.807, 2.05) is 47.4 Å². The minimum absolute atomic E-state index is 0.0329. The highest BCUT2D eigenvalue weighted by atomic mass is 15.1. The van der Waals surface area contributed by atoms with Gasteiger partial charge in [0.25, 0.3) is 0 Å². The monoisotopic (exact) mass is 731 g/mol. The molecule has 0 radical (unpaired) electrons. The summed E-state index contributed by atoms with van der Waals surface area (Å²) in [6, 6.07) is 65.1. The number of anilines is 3. The molecular weight excluding hydrogens is 687 g/mol. The third kappa shape index (κ3) is 5.02. The average Bonchev–Trinajstić information content (AvgIpc) is 3.72. The number of hydrogen-bond acceptors (Lipinski definition) is 1. The van der Waals surface area contributed by atoms with Gasteiger partial charge in [-0.1, -0.05) is 184 Å². The van der Waals surface area contributed by atoms with Crippen LogP contribution in [0.2, 0.25) is 0 Å². The zero-order valence-electron chi connectivity index (χ0n) is 35.8. The van der Waals surface area contributed by atoms with Gasteiger partial charge >= 0.3 is 0 Å². The lowest BCUT2D eigenvalue weighted by Crippen LogP contribution is -2.28. The maximum atomic E-state index is 10.1. The Morgan fingerprint density at radius 2 is 0.947 bits per heavy atom. The van der Waals surface area contributed by atoms with Crippen molar-refractivity contribution in [3.63, 3.8) is 0 Å². The number of rotatable bonds is 6. The van der Waals surface area contributed by atoms with E-state index in [2.05, 4.69) is 159 Å². The van der Waals surface area contributed by atoms with Gasteiger partial charge in [0.05, 0.1) is 10.9 Å². The van der Waals surface area contributed by atoms with Crippen LogP contribution in [0.3, 0.4) is 0 Å². The van der Waals surface area contributed by atoms with Crippen LogP contribution in [0.1, 0.15) is 52.7 Å². The molecule has 2 aliphatic carbocycles. The quantitative estimate of drug-likeness (QED) is 0.165. The number of hydrogen-bond donors (Lipinski definition) is 0.